The van der Waals surface area contributed by atoms with Crippen molar-refractivity contribution >= 4 is 12.2 Å². The molecule has 13 heavy (non-hydrogen) atoms. The van der Waals surface area contributed by atoms with Crippen LogP contribution in [0.1, 0.15) is 20.3 Å². The summed E-state index contributed by atoms with van der Waals surface area (Å²) in [5, 5.41) is 0. The topological polar surface area (TPSA) is 62.7 Å². The molecule has 0 saturated carbocycles. The summed E-state index contributed by atoms with van der Waals surface area (Å²) in [6, 6.07) is 0. The number of hydrogen-bond donors (Lipinski definition) is 0. The highest BCUT2D eigenvalue weighted by molar-refractivity contribution is 6.20. The van der Waals surface area contributed by atoms with Crippen LogP contribution < -0.4 is 0 Å². The van der Waals surface area contributed by atoms with Gasteiger partial charge in [-0.25, -0.2) is 4.79 Å². The molecule has 0 aromatic carbocycles. The fourth-order valence-electron chi connectivity index (χ4n) is 0.705. The molecule has 0 aromatic rings. The highest BCUT2D eigenvalue weighted by Crippen LogP contribution is 2.14. The van der Waals surface area contributed by atoms with E-state index < -0.39 is 11.6 Å². The fraction of sp³-hybridized carbons (Fsp3) is 0.444. The minimum absolute atomic E-state index is 0.515. The van der Waals surface area contributed by atoms with Gasteiger partial charge in [0.2, 0.25) is 0 Å². The molecule has 4 heteroatoms. The number of esters is 1. The summed E-state index contributed by atoms with van der Waals surface area (Å²) < 4.78 is 4.93. The van der Waals surface area contributed by atoms with Crippen molar-refractivity contribution in [2.75, 3.05) is 0 Å². The molecule has 0 amide bonds. The zero-order chi connectivity index (χ0) is 10.3. The number of carbonyl (C=O) groups excluding carboxylic acids is 1. The molecule has 0 aliphatic rings. The van der Waals surface area contributed by atoms with Gasteiger partial charge in [0.15, 0.2) is 0 Å². The van der Waals surface area contributed by atoms with Gasteiger partial charge in [-0.2, -0.15) is 4.79 Å². The maximum Gasteiger partial charge on any atom is 0.414 e. The van der Waals surface area contributed by atoms with Gasteiger partial charge in [-0.05, 0) is 19.9 Å². The molecule has 0 bridgehead atoms. The molecule has 0 heterocycles. The van der Waals surface area contributed by atoms with E-state index in [1.165, 1.54) is 0 Å². The van der Waals surface area contributed by atoms with Crippen LogP contribution in [0.25, 0.3) is 5.53 Å². The van der Waals surface area contributed by atoms with Crippen molar-refractivity contribution in [1.82, 2.24) is 0 Å². The van der Waals surface area contributed by atoms with E-state index >= 15 is 0 Å². The standard InChI is InChI=1S/C9H12N2O2/c1-4-5-6-9(2,3)13-8(12)7-11-10/h5,7H,1,6H2,2-3H3. The van der Waals surface area contributed by atoms with Gasteiger partial charge in [0.25, 0.3) is 0 Å². The first-order chi connectivity index (χ1) is 6.02. The molecule has 0 saturated heterocycles. The van der Waals surface area contributed by atoms with E-state index in [1.807, 2.05) is 0 Å². The zero-order valence-electron chi connectivity index (χ0n) is 7.78. The van der Waals surface area contributed by atoms with Gasteiger partial charge in [0.1, 0.15) is 5.60 Å². The van der Waals surface area contributed by atoms with Crippen LogP contribution in [0.4, 0.5) is 0 Å². The number of carbonyl (C=O) groups is 1. The van der Waals surface area contributed by atoms with Crippen molar-refractivity contribution in [3.8, 4) is 0 Å². The predicted octanol–water partition coefficient (Wildman–Crippen LogP) is 1.34. The third-order valence-corrected chi connectivity index (χ3v) is 1.28. The molecule has 0 fully saturated rings. The van der Waals surface area contributed by atoms with Gasteiger partial charge in [-0.3, -0.25) is 0 Å². The zero-order valence-corrected chi connectivity index (χ0v) is 7.78. The highest BCUT2D eigenvalue weighted by atomic mass is 16.6. The smallest absolute Gasteiger partial charge is 0.414 e. The van der Waals surface area contributed by atoms with E-state index in [0.29, 0.717) is 12.6 Å². The molecule has 70 valence electrons. The van der Waals surface area contributed by atoms with Crippen molar-refractivity contribution in [2.24, 2.45) is 0 Å². The Labute approximate surface area is 77.1 Å². The second-order valence-corrected chi connectivity index (χ2v) is 3.04. The summed E-state index contributed by atoms with van der Waals surface area (Å²) in [7, 11) is 0. The van der Waals surface area contributed by atoms with Crippen LogP contribution in [-0.2, 0) is 9.53 Å². The minimum atomic E-state index is -0.676. The van der Waals surface area contributed by atoms with Crippen molar-refractivity contribution in [2.45, 2.75) is 25.9 Å². The lowest BCUT2D eigenvalue weighted by Crippen LogP contribution is -2.27. The van der Waals surface area contributed by atoms with Gasteiger partial charge in [-0.15, -0.1) is 5.73 Å². The summed E-state index contributed by atoms with van der Waals surface area (Å²) in [6.45, 7) is 6.87. The first-order valence-corrected chi connectivity index (χ1v) is 3.76. The Morgan fingerprint density at radius 1 is 1.77 bits per heavy atom. The van der Waals surface area contributed by atoms with Crippen molar-refractivity contribution in [3.05, 3.63) is 23.9 Å². The van der Waals surface area contributed by atoms with Crippen molar-refractivity contribution < 1.29 is 14.3 Å². The minimum Gasteiger partial charge on any atom is -0.451 e. The Morgan fingerprint density at radius 3 is 2.85 bits per heavy atom. The molecule has 0 aromatic heterocycles. The van der Waals surface area contributed by atoms with Crippen LogP contribution >= 0.6 is 0 Å². The number of rotatable bonds is 4. The molecule has 0 radical (unpaired) electrons. The predicted molar refractivity (Wildman–Crippen MR) is 48.2 cm³/mol. The van der Waals surface area contributed by atoms with Crippen LogP contribution in [0.2, 0.25) is 0 Å². The van der Waals surface area contributed by atoms with Gasteiger partial charge < -0.3 is 10.3 Å². The molecular weight excluding hydrogens is 168 g/mol. The average Bonchev–Trinajstić information content (AvgIpc) is 2.00. The normalized spacial score (nSPS) is 9.38. The lowest BCUT2D eigenvalue weighted by atomic mass is 10.1. The van der Waals surface area contributed by atoms with Crippen molar-refractivity contribution in [3.63, 3.8) is 0 Å². The largest absolute Gasteiger partial charge is 0.451 e. The van der Waals surface area contributed by atoms with Crippen LogP contribution in [0, 0.1) is 0 Å². The second-order valence-electron chi connectivity index (χ2n) is 3.04. The van der Waals surface area contributed by atoms with Crippen LogP contribution in [0.15, 0.2) is 18.4 Å². The third-order valence-electron chi connectivity index (χ3n) is 1.28. The average molecular weight is 180 g/mol. The Hall–Kier alpha value is -1.63. The Bertz CT molecular complexity index is 282. The van der Waals surface area contributed by atoms with Gasteiger partial charge >= 0.3 is 12.2 Å². The molecule has 0 atom stereocenters. The van der Waals surface area contributed by atoms with E-state index in [0.717, 1.165) is 0 Å². The van der Waals surface area contributed by atoms with Crippen molar-refractivity contribution in [1.29, 1.82) is 0 Å². The Balaban J connectivity index is 4.23. The molecule has 0 aliphatic heterocycles. The maximum absolute atomic E-state index is 10.8. The maximum atomic E-state index is 10.8. The van der Waals surface area contributed by atoms with Crippen LogP contribution in [0.5, 0.6) is 0 Å². The summed E-state index contributed by atoms with van der Waals surface area (Å²) in [5.41, 5.74) is 9.99. The SMILES string of the molecule is C=C=CCC(C)(C)OC(=O)C=[N+]=[N-]. The number of ether oxygens (including phenoxy) is 1. The number of nitrogens with zero attached hydrogens (tertiary/aromatic N) is 2. The molecule has 0 unspecified atom stereocenters. The van der Waals surface area contributed by atoms with Gasteiger partial charge in [-0.1, -0.05) is 6.58 Å². The monoisotopic (exact) mass is 180 g/mol. The summed E-state index contributed by atoms with van der Waals surface area (Å²) >= 11 is 0. The van der Waals surface area contributed by atoms with Crippen LogP contribution in [-0.4, -0.2) is 22.6 Å². The molecule has 0 rings (SSSR count). The van der Waals surface area contributed by atoms with Crippen LogP contribution in [0.3, 0.4) is 0 Å². The molecule has 0 aliphatic carbocycles. The first kappa shape index (κ1) is 11.4. The van der Waals surface area contributed by atoms with Gasteiger partial charge in [0.05, 0.1) is 0 Å². The molecule has 0 spiro atoms. The summed E-state index contributed by atoms with van der Waals surface area (Å²) in [6.07, 6.45) is 2.89. The summed E-state index contributed by atoms with van der Waals surface area (Å²) in [5.74, 6) is -0.676. The van der Waals surface area contributed by atoms with E-state index in [4.69, 9.17) is 10.3 Å². The first-order valence-electron chi connectivity index (χ1n) is 3.76. The van der Waals surface area contributed by atoms with E-state index in [2.05, 4.69) is 17.1 Å². The fourth-order valence-corrected chi connectivity index (χ4v) is 0.705. The van der Waals surface area contributed by atoms with E-state index in [1.54, 1.807) is 19.9 Å². The van der Waals surface area contributed by atoms with E-state index in [-0.39, 0.29) is 0 Å². The second kappa shape index (κ2) is 5.09. The lowest BCUT2D eigenvalue weighted by Gasteiger charge is -2.20. The quantitative estimate of drug-likeness (QED) is 0.215. The Morgan fingerprint density at radius 2 is 2.38 bits per heavy atom. The lowest BCUT2D eigenvalue weighted by molar-refractivity contribution is -0.150. The van der Waals surface area contributed by atoms with Gasteiger partial charge in [0, 0.05) is 6.42 Å². The third kappa shape index (κ3) is 5.62. The summed E-state index contributed by atoms with van der Waals surface area (Å²) in [4.78, 5) is 13.4. The number of hydrogen-bond acceptors (Lipinski definition) is 2. The molecule has 4 nitrogen and oxygen atoms in total. The molecular formula is C9H12N2O2. The molecule has 0 N–H and O–H groups in total. The van der Waals surface area contributed by atoms with E-state index in [9.17, 15) is 4.79 Å². The Kier molecular flexibility index (Phi) is 4.45. The highest BCUT2D eigenvalue weighted by Gasteiger charge is 2.21.